The Hall–Kier alpha value is -3.98. The lowest BCUT2D eigenvalue weighted by molar-refractivity contribution is -0.137. The fourth-order valence-electron chi connectivity index (χ4n) is 3.20. The van der Waals surface area contributed by atoms with Gasteiger partial charge in [0.2, 0.25) is 0 Å². The van der Waals surface area contributed by atoms with E-state index in [2.05, 4.69) is 20.9 Å². The highest BCUT2D eigenvalue weighted by Crippen LogP contribution is 2.23. The number of aromatic nitrogens is 1. The number of carbonyl (C=O) groups excluding carboxylic acids is 1. The van der Waals surface area contributed by atoms with Crippen molar-refractivity contribution in [2.45, 2.75) is 12.5 Å². The summed E-state index contributed by atoms with van der Waals surface area (Å²) in [7, 11) is 0. The number of hydrogen-bond donors (Lipinski definition) is 4. The zero-order valence-corrected chi connectivity index (χ0v) is 19.3. The molecule has 34 heavy (non-hydrogen) atoms. The molecule has 0 fully saturated rings. The van der Waals surface area contributed by atoms with Gasteiger partial charge in [-0.1, -0.05) is 72.9 Å². The molecule has 0 aliphatic rings. The van der Waals surface area contributed by atoms with Gasteiger partial charge in [0.05, 0.1) is 30.5 Å². The van der Waals surface area contributed by atoms with Gasteiger partial charge in [-0.25, -0.2) is 9.78 Å². The van der Waals surface area contributed by atoms with Gasteiger partial charge in [0.25, 0.3) is 0 Å². The number of amides is 1. The van der Waals surface area contributed by atoms with Crippen molar-refractivity contribution in [1.82, 2.24) is 15.6 Å². The minimum absolute atomic E-state index is 0.0278. The molecular formula is C25H26N4O4S. The quantitative estimate of drug-likeness (QED) is 0.242. The van der Waals surface area contributed by atoms with Gasteiger partial charge in [0.1, 0.15) is 12.4 Å². The molecule has 1 unspecified atom stereocenters. The summed E-state index contributed by atoms with van der Waals surface area (Å²) in [5.74, 6) is -0.265. The Bertz CT molecular complexity index is 1080. The van der Waals surface area contributed by atoms with E-state index in [1.165, 1.54) is 0 Å². The molecule has 0 radical (unpaired) electrons. The third-order valence-electron chi connectivity index (χ3n) is 4.83. The topological polar surface area (TPSA) is 113 Å². The Balaban J connectivity index is 1.46. The van der Waals surface area contributed by atoms with Gasteiger partial charge in [0.15, 0.2) is 0 Å². The highest BCUT2D eigenvalue weighted by atomic mass is 32.1. The van der Waals surface area contributed by atoms with E-state index >= 15 is 0 Å². The van der Waals surface area contributed by atoms with Gasteiger partial charge in [0, 0.05) is 6.20 Å². The lowest BCUT2D eigenvalue weighted by Gasteiger charge is -2.20. The van der Waals surface area contributed by atoms with Crippen LogP contribution >= 0.6 is 12.2 Å². The second kappa shape index (κ2) is 12.9. The van der Waals surface area contributed by atoms with E-state index in [0.717, 1.165) is 16.7 Å². The van der Waals surface area contributed by atoms with E-state index in [1.54, 1.807) is 6.20 Å². The van der Waals surface area contributed by atoms with Crippen LogP contribution in [-0.2, 0) is 9.53 Å². The summed E-state index contributed by atoms with van der Waals surface area (Å²) >= 11 is 5.31. The van der Waals surface area contributed by atoms with Crippen LogP contribution < -0.4 is 16.0 Å². The number of aliphatic carboxylic acids is 1. The van der Waals surface area contributed by atoms with Crippen LogP contribution in [0.3, 0.4) is 0 Å². The number of thiocarbonyl (C=S) groups is 1. The highest BCUT2D eigenvalue weighted by molar-refractivity contribution is 7.80. The summed E-state index contributed by atoms with van der Waals surface area (Å²) in [4.78, 5) is 27.7. The molecular weight excluding hydrogens is 452 g/mol. The second-order valence-electron chi connectivity index (χ2n) is 7.34. The van der Waals surface area contributed by atoms with Crippen LogP contribution in [0.1, 0.15) is 18.0 Å². The first-order valence-corrected chi connectivity index (χ1v) is 11.1. The van der Waals surface area contributed by atoms with Crippen molar-refractivity contribution in [3.05, 3.63) is 84.6 Å². The normalized spacial score (nSPS) is 11.2. The van der Waals surface area contributed by atoms with Crippen LogP contribution in [0.4, 0.5) is 10.6 Å². The Morgan fingerprint density at radius 2 is 1.68 bits per heavy atom. The number of carbonyl (C=O) groups is 2. The lowest BCUT2D eigenvalue weighted by Crippen LogP contribution is -2.38. The van der Waals surface area contributed by atoms with E-state index in [4.69, 9.17) is 17.0 Å². The molecule has 0 bridgehead atoms. The molecule has 1 amide bonds. The van der Waals surface area contributed by atoms with Gasteiger partial charge in [-0.3, -0.25) is 4.79 Å². The lowest BCUT2D eigenvalue weighted by atomic mass is 9.99. The van der Waals surface area contributed by atoms with Crippen molar-refractivity contribution < 1.29 is 19.4 Å². The summed E-state index contributed by atoms with van der Waals surface area (Å²) in [6, 6.07) is 22.5. The molecule has 3 aromatic rings. The standard InChI is InChI=1S/C25H26N4O4S/c30-24(31)16-21(20-11-9-19(10-12-20)18-6-2-1-3-7-18)29-23(34)17-28-25(32)33-15-14-27-22-8-4-5-13-26-22/h1-13,21H,14-17H2,(H,26,27)(H,28,32)(H,29,34)(H,30,31). The largest absolute Gasteiger partial charge is 0.481 e. The molecule has 0 aliphatic heterocycles. The Morgan fingerprint density at radius 3 is 2.35 bits per heavy atom. The van der Waals surface area contributed by atoms with Crippen LogP contribution in [0.15, 0.2) is 79.0 Å². The van der Waals surface area contributed by atoms with E-state index < -0.39 is 18.1 Å². The molecule has 8 nitrogen and oxygen atoms in total. The van der Waals surface area contributed by atoms with Crippen molar-refractivity contribution >= 4 is 35.1 Å². The Kier molecular flexibility index (Phi) is 9.36. The summed E-state index contributed by atoms with van der Waals surface area (Å²) in [6.45, 7) is 0.588. The number of alkyl carbamates (subject to hydrolysis) is 1. The van der Waals surface area contributed by atoms with Crippen molar-refractivity contribution in [2.24, 2.45) is 0 Å². The van der Waals surface area contributed by atoms with Crippen LogP contribution in [0, 0.1) is 0 Å². The first-order valence-electron chi connectivity index (χ1n) is 10.7. The number of carboxylic acids is 1. The molecule has 3 rings (SSSR count). The maximum atomic E-state index is 11.9. The molecule has 176 valence electrons. The molecule has 0 spiro atoms. The number of ether oxygens (including phenoxy) is 1. The second-order valence-corrected chi connectivity index (χ2v) is 7.83. The van der Waals surface area contributed by atoms with Gasteiger partial charge in [-0.05, 0) is 28.8 Å². The Labute approximate surface area is 203 Å². The van der Waals surface area contributed by atoms with E-state index in [1.807, 2.05) is 72.8 Å². The minimum Gasteiger partial charge on any atom is -0.481 e. The molecule has 0 aliphatic carbocycles. The fourth-order valence-corrected chi connectivity index (χ4v) is 3.42. The first-order chi connectivity index (χ1) is 16.5. The van der Waals surface area contributed by atoms with Gasteiger partial charge in [-0.15, -0.1) is 0 Å². The van der Waals surface area contributed by atoms with E-state index in [0.29, 0.717) is 17.4 Å². The van der Waals surface area contributed by atoms with Crippen LogP contribution in [0.25, 0.3) is 11.1 Å². The van der Waals surface area contributed by atoms with Gasteiger partial charge >= 0.3 is 12.1 Å². The van der Waals surface area contributed by atoms with Crippen molar-refractivity contribution in [3.63, 3.8) is 0 Å². The number of hydrogen-bond acceptors (Lipinski definition) is 6. The number of carboxylic acid groups (broad SMARTS) is 1. The summed E-state index contributed by atoms with van der Waals surface area (Å²) in [5, 5.41) is 18.0. The molecule has 1 atom stereocenters. The van der Waals surface area contributed by atoms with Crippen LogP contribution in [-0.4, -0.2) is 46.8 Å². The van der Waals surface area contributed by atoms with Gasteiger partial charge in [-0.2, -0.15) is 0 Å². The van der Waals surface area contributed by atoms with Crippen molar-refractivity contribution in [3.8, 4) is 11.1 Å². The number of pyridine rings is 1. The number of benzene rings is 2. The molecule has 1 heterocycles. The molecule has 2 aromatic carbocycles. The smallest absolute Gasteiger partial charge is 0.407 e. The summed E-state index contributed by atoms with van der Waals surface area (Å²) in [5.41, 5.74) is 2.89. The molecule has 9 heteroatoms. The third-order valence-corrected chi connectivity index (χ3v) is 5.10. The number of nitrogens with one attached hydrogen (secondary N) is 3. The molecule has 4 N–H and O–H groups in total. The van der Waals surface area contributed by atoms with Gasteiger partial charge < -0.3 is 25.8 Å². The highest BCUT2D eigenvalue weighted by Gasteiger charge is 2.17. The van der Waals surface area contributed by atoms with Crippen LogP contribution in [0.2, 0.25) is 0 Å². The average Bonchev–Trinajstić information content (AvgIpc) is 2.86. The molecule has 0 saturated heterocycles. The number of anilines is 1. The molecule has 1 aromatic heterocycles. The molecule has 0 saturated carbocycles. The monoisotopic (exact) mass is 478 g/mol. The fraction of sp³-hybridized carbons (Fsp3) is 0.200. The van der Waals surface area contributed by atoms with E-state index in [-0.39, 0.29) is 19.6 Å². The third kappa shape index (κ3) is 8.18. The maximum Gasteiger partial charge on any atom is 0.407 e. The maximum absolute atomic E-state index is 11.9. The average molecular weight is 479 g/mol. The SMILES string of the molecule is O=C(O)CC(NC(=S)CNC(=O)OCCNc1ccccn1)c1ccc(-c2ccccc2)cc1. The predicted octanol–water partition coefficient (Wildman–Crippen LogP) is 4.02. The van der Waals surface area contributed by atoms with Crippen molar-refractivity contribution in [1.29, 1.82) is 0 Å². The van der Waals surface area contributed by atoms with Crippen LogP contribution in [0.5, 0.6) is 0 Å². The Morgan fingerprint density at radius 1 is 0.971 bits per heavy atom. The first kappa shape index (κ1) is 24.7. The zero-order valence-electron chi connectivity index (χ0n) is 18.4. The minimum atomic E-state index is -0.958. The zero-order chi connectivity index (χ0) is 24.2. The van der Waals surface area contributed by atoms with Crippen molar-refractivity contribution in [2.75, 3.05) is 25.0 Å². The number of nitrogens with zero attached hydrogens (tertiary/aromatic N) is 1. The summed E-state index contributed by atoms with van der Waals surface area (Å²) in [6.07, 6.45) is 0.891. The van der Waals surface area contributed by atoms with E-state index in [9.17, 15) is 14.7 Å². The number of rotatable bonds is 11. The summed E-state index contributed by atoms with van der Waals surface area (Å²) < 4.78 is 5.10. The predicted molar refractivity (Wildman–Crippen MR) is 135 cm³/mol.